The Hall–Kier alpha value is -1.18. The van der Waals surface area contributed by atoms with Gasteiger partial charge in [0.25, 0.3) is 0 Å². The van der Waals surface area contributed by atoms with Crippen molar-refractivity contribution >= 4 is 21.4 Å². The predicted octanol–water partition coefficient (Wildman–Crippen LogP) is 3.52. The Kier molecular flexibility index (Phi) is 3.82. The summed E-state index contributed by atoms with van der Waals surface area (Å²) in [4.78, 5) is 2.05. The van der Waals surface area contributed by atoms with Gasteiger partial charge in [0.15, 0.2) is 5.76 Å². The van der Waals surface area contributed by atoms with Crippen LogP contribution in [0.15, 0.2) is 27.7 Å². The van der Waals surface area contributed by atoms with Crippen LogP contribution in [-0.4, -0.2) is 31.0 Å². The van der Waals surface area contributed by atoms with Crippen LogP contribution < -0.4 is 0 Å². The molecule has 4 rings (SSSR count). The molecular formula is C16H20N2O3S2. The first-order chi connectivity index (χ1) is 11.0. The highest BCUT2D eigenvalue weighted by atomic mass is 32.2. The molecule has 3 heterocycles. The van der Waals surface area contributed by atoms with Crippen LogP contribution in [0.3, 0.4) is 0 Å². The average Bonchev–Trinajstić information content (AvgIpc) is 3.16. The Labute approximate surface area is 140 Å². The van der Waals surface area contributed by atoms with Crippen LogP contribution in [0.25, 0.3) is 10.6 Å². The number of nitrogens with zero attached hydrogens (tertiary/aromatic N) is 2. The SMILES string of the molecule is Cc1sc(-c2ccno2)cc1S(=O)(=O)N1C[C@@H]2CCC[C@@H](C2)C1. The number of hydrogen-bond donors (Lipinski definition) is 0. The summed E-state index contributed by atoms with van der Waals surface area (Å²) in [6.45, 7) is 3.21. The molecule has 0 unspecified atom stereocenters. The molecular weight excluding hydrogens is 332 g/mol. The molecule has 124 valence electrons. The molecule has 2 aliphatic rings. The zero-order chi connectivity index (χ0) is 16.0. The van der Waals surface area contributed by atoms with E-state index in [2.05, 4.69) is 5.16 Å². The number of aryl methyl sites for hydroxylation is 1. The van der Waals surface area contributed by atoms with Crippen LogP contribution in [0.5, 0.6) is 0 Å². The molecule has 0 aromatic carbocycles. The van der Waals surface area contributed by atoms with E-state index in [1.807, 2.05) is 6.92 Å². The molecule has 1 saturated carbocycles. The highest BCUT2D eigenvalue weighted by Gasteiger charge is 2.37. The van der Waals surface area contributed by atoms with Gasteiger partial charge in [-0.3, -0.25) is 0 Å². The molecule has 0 amide bonds. The van der Waals surface area contributed by atoms with Gasteiger partial charge in [-0.2, -0.15) is 4.31 Å². The average molecular weight is 352 g/mol. The van der Waals surface area contributed by atoms with Crippen molar-refractivity contribution in [1.29, 1.82) is 0 Å². The molecule has 2 bridgehead atoms. The number of sulfonamides is 1. The van der Waals surface area contributed by atoms with Crippen molar-refractivity contribution in [2.24, 2.45) is 11.8 Å². The van der Waals surface area contributed by atoms with Crippen molar-refractivity contribution in [3.05, 3.63) is 23.2 Å². The number of piperidine rings is 1. The van der Waals surface area contributed by atoms with Crippen molar-refractivity contribution in [3.8, 4) is 10.6 Å². The van der Waals surface area contributed by atoms with E-state index in [4.69, 9.17) is 4.52 Å². The largest absolute Gasteiger partial charge is 0.355 e. The van der Waals surface area contributed by atoms with Crippen LogP contribution in [0, 0.1) is 18.8 Å². The fraction of sp³-hybridized carbons (Fsp3) is 0.562. The number of rotatable bonds is 3. The molecule has 7 heteroatoms. The maximum Gasteiger partial charge on any atom is 0.244 e. The lowest BCUT2D eigenvalue weighted by Crippen LogP contribution is -2.45. The number of aromatic nitrogens is 1. The molecule has 1 aliphatic heterocycles. The molecule has 23 heavy (non-hydrogen) atoms. The van der Waals surface area contributed by atoms with E-state index < -0.39 is 10.0 Å². The summed E-state index contributed by atoms with van der Waals surface area (Å²) in [5, 5.41) is 3.70. The first-order valence-corrected chi connectivity index (χ1v) is 10.3. The van der Waals surface area contributed by atoms with Crippen molar-refractivity contribution < 1.29 is 12.9 Å². The lowest BCUT2D eigenvalue weighted by atomic mass is 9.79. The van der Waals surface area contributed by atoms with E-state index in [0.717, 1.165) is 22.6 Å². The maximum absolute atomic E-state index is 13.1. The van der Waals surface area contributed by atoms with Crippen molar-refractivity contribution in [1.82, 2.24) is 9.46 Å². The lowest BCUT2D eigenvalue weighted by Gasteiger charge is -2.40. The second-order valence-corrected chi connectivity index (χ2v) is 9.79. The highest BCUT2D eigenvalue weighted by molar-refractivity contribution is 7.89. The normalized spacial score (nSPS) is 25.6. The Morgan fingerprint density at radius 1 is 1.30 bits per heavy atom. The minimum atomic E-state index is -3.42. The van der Waals surface area contributed by atoms with Crippen LogP contribution >= 0.6 is 11.3 Å². The second kappa shape index (κ2) is 5.72. The van der Waals surface area contributed by atoms with Gasteiger partial charge >= 0.3 is 0 Å². The van der Waals surface area contributed by atoms with E-state index in [9.17, 15) is 8.42 Å². The van der Waals surface area contributed by atoms with Gasteiger partial charge in [-0.25, -0.2) is 8.42 Å². The zero-order valence-corrected chi connectivity index (χ0v) is 14.7. The van der Waals surface area contributed by atoms with Crippen molar-refractivity contribution in [2.45, 2.75) is 37.5 Å². The summed E-state index contributed by atoms with van der Waals surface area (Å²) in [7, 11) is -3.42. The Bertz CT molecular complexity index is 783. The van der Waals surface area contributed by atoms with Gasteiger partial charge in [-0.15, -0.1) is 11.3 Å². The lowest BCUT2D eigenvalue weighted by molar-refractivity contribution is 0.144. The molecule has 2 aromatic rings. The Balaban J connectivity index is 1.66. The van der Waals surface area contributed by atoms with Crippen LogP contribution in [0.1, 0.15) is 30.6 Å². The minimum absolute atomic E-state index is 0.425. The second-order valence-electron chi connectivity index (χ2n) is 6.63. The van der Waals surface area contributed by atoms with Gasteiger partial charge in [0.05, 0.1) is 16.0 Å². The summed E-state index contributed by atoms with van der Waals surface area (Å²) in [5.74, 6) is 1.69. The molecule has 1 aliphatic carbocycles. The molecule has 1 saturated heterocycles. The molecule has 2 aromatic heterocycles. The summed E-state index contributed by atoms with van der Waals surface area (Å²) in [6, 6.07) is 3.49. The molecule has 0 radical (unpaired) electrons. The fourth-order valence-corrected chi connectivity index (χ4v) is 7.02. The van der Waals surface area contributed by atoms with Crippen LogP contribution in [0.4, 0.5) is 0 Å². The first-order valence-electron chi connectivity index (χ1n) is 8.05. The zero-order valence-electron chi connectivity index (χ0n) is 13.1. The monoisotopic (exact) mass is 352 g/mol. The molecule has 5 nitrogen and oxygen atoms in total. The predicted molar refractivity (Wildman–Crippen MR) is 88.8 cm³/mol. The third-order valence-electron chi connectivity index (χ3n) is 4.99. The summed E-state index contributed by atoms with van der Waals surface area (Å²) in [5.41, 5.74) is 0. The molecule has 0 N–H and O–H groups in total. The van der Waals surface area contributed by atoms with E-state index in [1.165, 1.54) is 24.2 Å². The first kappa shape index (κ1) is 15.4. The van der Waals surface area contributed by atoms with E-state index in [0.29, 0.717) is 35.6 Å². The summed E-state index contributed by atoms with van der Waals surface area (Å²) < 4.78 is 33.1. The third-order valence-corrected chi connectivity index (χ3v) is 8.14. The van der Waals surface area contributed by atoms with Crippen molar-refractivity contribution in [3.63, 3.8) is 0 Å². The fourth-order valence-electron chi connectivity index (χ4n) is 3.91. The van der Waals surface area contributed by atoms with Gasteiger partial charge in [0.1, 0.15) is 0 Å². The topological polar surface area (TPSA) is 63.4 Å². The van der Waals surface area contributed by atoms with Gasteiger partial charge in [0.2, 0.25) is 10.0 Å². The summed E-state index contributed by atoms with van der Waals surface area (Å²) in [6.07, 6.45) is 6.33. The van der Waals surface area contributed by atoms with E-state index in [-0.39, 0.29) is 0 Å². The van der Waals surface area contributed by atoms with Gasteiger partial charge in [-0.05, 0) is 44.1 Å². The third kappa shape index (κ3) is 2.75. The quantitative estimate of drug-likeness (QED) is 0.848. The molecule has 2 atom stereocenters. The van der Waals surface area contributed by atoms with Crippen LogP contribution in [0.2, 0.25) is 0 Å². The smallest absolute Gasteiger partial charge is 0.244 e. The summed E-state index contributed by atoms with van der Waals surface area (Å²) >= 11 is 1.44. The van der Waals surface area contributed by atoms with Gasteiger partial charge < -0.3 is 4.52 Å². The maximum atomic E-state index is 13.1. The van der Waals surface area contributed by atoms with E-state index in [1.54, 1.807) is 22.6 Å². The van der Waals surface area contributed by atoms with Crippen molar-refractivity contribution in [2.75, 3.05) is 13.1 Å². The van der Waals surface area contributed by atoms with Gasteiger partial charge in [-0.1, -0.05) is 11.6 Å². The number of fused-ring (bicyclic) bond motifs is 2. The highest BCUT2D eigenvalue weighted by Crippen LogP contribution is 2.39. The number of thiophene rings is 1. The standard InChI is InChI=1S/C16H20N2O3S2/c1-11-16(8-15(22-11)14-5-6-17-21-14)23(19,20)18-9-12-3-2-4-13(7-12)10-18/h5-6,8,12-13H,2-4,7,9-10H2,1H3/t12-,13+. The molecule has 0 spiro atoms. The minimum Gasteiger partial charge on any atom is -0.355 e. The van der Waals surface area contributed by atoms with E-state index >= 15 is 0 Å². The van der Waals surface area contributed by atoms with Gasteiger partial charge in [0, 0.05) is 24.0 Å². The number of hydrogen-bond acceptors (Lipinski definition) is 5. The van der Waals surface area contributed by atoms with Crippen LogP contribution in [-0.2, 0) is 10.0 Å². The molecule has 2 fully saturated rings. The Morgan fingerprint density at radius 3 is 2.70 bits per heavy atom. The Morgan fingerprint density at radius 2 is 2.04 bits per heavy atom.